The van der Waals surface area contributed by atoms with Gasteiger partial charge in [-0.05, 0) is 25.5 Å². The molecule has 2 heterocycles. The summed E-state index contributed by atoms with van der Waals surface area (Å²) in [5.74, 6) is 5.63. The van der Waals surface area contributed by atoms with E-state index in [1.165, 1.54) is 12.2 Å². The van der Waals surface area contributed by atoms with Crippen molar-refractivity contribution in [1.82, 2.24) is 9.91 Å². The van der Waals surface area contributed by atoms with Gasteiger partial charge in [-0.3, -0.25) is 19.3 Å². The highest BCUT2D eigenvalue weighted by atomic mass is 19.1. The lowest BCUT2D eigenvalue weighted by molar-refractivity contribution is -0.137. The summed E-state index contributed by atoms with van der Waals surface area (Å²) in [7, 11) is 0. The van der Waals surface area contributed by atoms with Crippen molar-refractivity contribution >= 4 is 34.8 Å². The van der Waals surface area contributed by atoms with Gasteiger partial charge < -0.3 is 20.4 Å². The molecular formula is C33H44FN5O4. The molecule has 2 aliphatic rings. The molecule has 0 fully saturated rings. The lowest BCUT2D eigenvalue weighted by atomic mass is 9.91. The van der Waals surface area contributed by atoms with Gasteiger partial charge in [-0.1, -0.05) is 70.2 Å². The zero-order valence-corrected chi connectivity index (χ0v) is 26.0. The van der Waals surface area contributed by atoms with Crippen molar-refractivity contribution in [3.63, 3.8) is 0 Å². The van der Waals surface area contributed by atoms with E-state index in [1.54, 1.807) is 23.8 Å². The number of carbonyl (C=O) groups is 3. The molecule has 0 saturated heterocycles. The van der Waals surface area contributed by atoms with Gasteiger partial charge in [0.05, 0.1) is 35.8 Å². The molecule has 232 valence electrons. The normalized spacial score (nSPS) is 16.7. The first-order chi connectivity index (χ1) is 20.3. The molecule has 0 bridgehead atoms. The van der Waals surface area contributed by atoms with E-state index in [-0.39, 0.29) is 32.0 Å². The molecule has 0 atom stereocenters. The summed E-state index contributed by atoms with van der Waals surface area (Å²) in [5.41, 5.74) is 9.34. The van der Waals surface area contributed by atoms with Crippen LogP contribution in [0.15, 0.2) is 60.7 Å². The van der Waals surface area contributed by atoms with Crippen molar-refractivity contribution in [1.29, 1.82) is 0 Å². The minimum absolute atomic E-state index is 0.0205. The van der Waals surface area contributed by atoms with Crippen molar-refractivity contribution in [2.45, 2.75) is 60.1 Å². The number of fused-ring (bicyclic) bond motifs is 2. The summed E-state index contributed by atoms with van der Waals surface area (Å²) in [6.07, 6.45) is 2.36. The topological polar surface area (TPSA) is 122 Å². The zero-order chi connectivity index (χ0) is 31.9. The second-order valence-corrected chi connectivity index (χ2v) is 11.8. The molecule has 9 nitrogen and oxygen atoms in total. The standard InChI is InChI=1S/C31H38FN5O4.C2H6/c1-30(2,20-41-31(3,4)18-32)19-37(34)29-22-10-6-5-9-21(22)17-36(24-12-8-7-11-23(24)28(29)33)27(40)15-16-35-25(38)13-14-26(35)39;1-2/h5-14H,15-20,33-34H2,1-4H3;1-2H3/b29-28-;. The van der Waals surface area contributed by atoms with Gasteiger partial charge in [0.2, 0.25) is 5.91 Å². The Hall–Kier alpha value is -4.02. The lowest BCUT2D eigenvalue weighted by Crippen LogP contribution is -2.43. The monoisotopic (exact) mass is 593 g/mol. The Morgan fingerprint density at radius 2 is 1.56 bits per heavy atom. The maximum absolute atomic E-state index is 13.6. The maximum Gasteiger partial charge on any atom is 0.253 e. The van der Waals surface area contributed by atoms with Gasteiger partial charge in [0.1, 0.15) is 6.67 Å². The highest BCUT2D eigenvalue weighted by Crippen LogP contribution is 2.37. The molecule has 2 aromatic rings. The van der Waals surface area contributed by atoms with Crippen LogP contribution >= 0.6 is 0 Å². The summed E-state index contributed by atoms with van der Waals surface area (Å²) in [6.45, 7) is 11.6. The van der Waals surface area contributed by atoms with Crippen LogP contribution in [0.4, 0.5) is 10.1 Å². The fourth-order valence-electron chi connectivity index (χ4n) is 4.90. The third kappa shape index (κ3) is 7.88. The van der Waals surface area contributed by atoms with E-state index in [0.717, 1.165) is 16.0 Å². The van der Waals surface area contributed by atoms with Crippen LogP contribution < -0.4 is 16.5 Å². The molecule has 4 N–H and O–H groups in total. The van der Waals surface area contributed by atoms with Gasteiger partial charge in [-0.15, -0.1) is 0 Å². The largest absolute Gasteiger partial charge is 0.396 e. The number of nitrogens with zero attached hydrogens (tertiary/aromatic N) is 3. The molecule has 2 aromatic carbocycles. The Morgan fingerprint density at radius 3 is 2.19 bits per heavy atom. The fraction of sp³-hybridized carbons (Fsp3) is 0.424. The molecule has 2 aliphatic heterocycles. The van der Waals surface area contributed by atoms with Crippen LogP contribution in [0.1, 0.15) is 64.7 Å². The molecule has 3 amide bonds. The van der Waals surface area contributed by atoms with Crippen LogP contribution in [0.3, 0.4) is 0 Å². The Bertz CT molecular complexity index is 1380. The molecule has 0 radical (unpaired) electrons. The minimum Gasteiger partial charge on any atom is -0.396 e. The third-order valence-electron chi connectivity index (χ3n) is 7.15. The molecule has 10 heteroatoms. The average Bonchev–Trinajstić information content (AvgIpc) is 3.31. The second kappa shape index (κ2) is 14.0. The predicted molar refractivity (Wildman–Crippen MR) is 168 cm³/mol. The highest BCUT2D eigenvalue weighted by molar-refractivity contribution is 6.13. The van der Waals surface area contributed by atoms with Gasteiger partial charge >= 0.3 is 0 Å². The van der Waals surface area contributed by atoms with Crippen LogP contribution in [0, 0.1) is 5.41 Å². The van der Waals surface area contributed by atoms with Crippen molar-refractivity contribution in [3.05, 3.63) is 77.4 Å². The average molecular weight is 594 g/mol. The lowest BCUT2D eigenvalue weighted by Gasteiger charge is -2.37. The highest BCUT2D eigenvalue weighted by Gasteiger charge is 2.32. The molecule has 0 spiro atoms. The smallest absolute Gasteiger partial charge is 0.253 e. The van der Waals surface area contributed by atoms with Gasteiger partial charge in [0.15, 0.2) is 0 Å². The first-order valence-corrected chi connectivity index (χ1v) is 14.6. The first-order valence-electron chi connectivity index (χ1n) is 14.6. The van der Waals surface area contributed by atoms with Gasteiger partial charge in [0.25, 0.3) is 11.8 Å². The van der Waals surface area contributed by atoms with Crippen LogP contribution in [0.5, 0.6) is 0 Å². The third-order valence-corrected chi connectivity index (χ3v) is 7.15. The molecule has 43 heavy (non-hydrogen) atoms. The number of halogens is 1. The predicted octanol–water partition coefficient (Wildman–Crippen LogP) is 4.63. The van der Waals surface area contributed by atoms with E-state index >= 15 is 0 Å². The van der Waals surface area contributed by atoms with E-state index in [9.17, 15) is 18.8 Å². The Balaban J connectivity index is 0.00000248. The van der Waals surface area contributed by atoms with Crippen molar-refractivity contribution in [2.75, 3.05) is 31.3 Å². The molecule has 0 aliphatic carbocycles. The second-order valence-electron chi connectivity index (χ2n) is 11.8. The van der Waals surface area contributed by atoms with Gasteiger partial charge in [-0.2, -0.15) is 0 Å². The number of alkyl halides is 1. The summed E-state index contributed by atoms with van der Waals surface area (Å²) in [6, 6.07) is 14.9. The van der Waals surface area contributed by atoms with Crippen molar-refractivity contribution < 1.29 is 23.5 Å². The SMILES string of the molecule is CC.CC(C)(COC(C)(C)CF)CN(N)/C1=C(\N)c2ccccc2N(C(=O)CCN2C(=O)C=CC2=O)Cc2ccccc21. The van der Waals surface area contributed by atoms with Crippen LogP contribution in [0.25, 0.3) is 11.4 Å². The first kappa shape index (κ1) is 33.5. The number of nitrogens with two attached hydrogens (primary N) is 2. The summed E-state index contributed by atoms with van der Waals surface area (Å²) < 4.78 is 19.2. The number of benzene rings is 2. The van der Waals surface area contributed by atoms with Crippen molar-refractivity contribution in [3.8, 4) is 0 Å². The number of hydrogen-bond donors (Lipinski definition) is 2. The van der Waals surface area contributed by atoms with Crippen LogP contribution in [-0.2, 0) is 25.7 Å². The number of carbonyl (C=O) groups excluding carboxylic acids is 3. The van der Waals surface area contributed by atoms with E-state index in [1.807, 2.05) is 76.2 Å². The molecule has 4 rings (SSSR count). The number of rotatable bonds is 10. The molecular weight excluding hydrogens is 549 g/mol. The minimum atomic E-state index is -0.900. The van der Waals surface area contributed by atoms with Gasteiger partial charge in [-0.25, -0.2) is 10.2 Å². The fourth-order valence-corrected chi connectivity index (χ4v) is 4.90. The van der Waals surface area contributed by atoms with Crippen LogP contribution in [0.2, 0.25) is 0 Å². The number of hydrogen-bond acceptors (Lipinski definition) is 7. The number of imide groups is 1. The maximum atomic E-state index is 13.6. The Labute approximate surface area is 253 Å². The quantitative estimate of drug-likeness (QED) is 0.234. The molecule has 0 unspecified atom stereocenters. The van der Waals surface area contributed by atoms with Crippen LogP contribution in [-0.4, -0.2) is 59.6 Å². The number of anilines is 1. The summed E-state index contributed by atoms with van der Waals surface area (Å²) in [4.78, 5) is 40.3. The van der Waals surface area contributed by atoms with E-state index in [2.05, 4.69) is 0 Å². The summed E-state index contributed by atoms with van der Waals surface area (Å²) >= 11 is 0. The summed E-state index contributed by atoms with van der Waals surface area (Å²) in [5, 5.41) is 1.60. The van der Waals surface area contributed by atoms with Gasteiger partial charge in [0, 0.05) is 48.2 Å². The Kier molecular flexibility index (Phi) is 10.9. The number of amides is 3. The Morgan fingerprint density at radius 1 is 0.977 bits per heavy atom. The zero-order valence-electron chi connectivity index (χ0n) is 26.0. The molecule has 0 saturated carbocycles. The number of para-hydroxylation sites is 1. The van der Waals surface area contributed by atoms with Crippen molar-refractivity contribution in [2.24, 2.45) is 17.0 Å². The number of hydrazine groups is 1. The van der Waals surface area contributed by atoms with E-state index in [0.29, 0.717) is 29.2 Å². The van der Waals surface area contributed by atoms with E-state index in [4.69, 9.17) is 16.3 Å². The van der Waals surface area contributed by atoms with E-state index < -0.39 is 29.5 Å². The number of ether oxygens (including phenoxy) is 1. The molecule has 0 aromatic heterocycles.